The van der Waals surface area contributed by atoms with E-state index >= 15 is 0 Å². The van der Waals surface area contributed by atoms with Crippen molar-refractivity contribution in [2.45, 2.75) is 237 Å². The Morgan fingerprint density at radius 3 is 1.54 bits per heavy atom. The SMILES string of the molecule is CCCCCCCCCCCCC/C=C/C=C/C(=O)OC[C@H](CO[C@H]1O[C@H](CS(=O)(=O)O)[C@@H](O)C(O)C1O)OC(=O)CCCCCCCCCCCCCCCCCC. The van der Waals surface area contributed by atoms with Crippen LogP contribution in [0.1, 0.15) is 200 Å². The Morgan fingerprint density at radius 1 is 0.610 bits per heavy atom. The number of allylic oxidation sites excluding steroid dienone is 3. The highest BCUT2D eigenvalue weighted by molar-refractivity contribution is 7.85. The van der Waals surface area contributed by atoms with Crippen LogP contribution >= 0.6 is 0 Å². The number of aliphatic hydroxyl groups is 3. The highest BCUT2D eigenvalue weighted by atomic mass is 32.2. The van der Waals surface area contributed by atoms with Crippen LogP contribution in [0, 0.1) is 0 Å². The van der Waals surface area contributed by atoms with Gasteiger partial charge in [0.05, 0.1) is 6.61 Å². The first-order chi connectivity index (χ1) is 28.5. The van der Waals surface area contributed by atoms with Crippen LogP contribution in [-0.2, 0) is 38.7 Å². The molecule has 1 saturated heterocycles. The van der Waals surface area contributed by atoms with Gasteiger partial charge in [0, 0.05) is 12.5 Å². The third-order valence-electron chi connectivity index (χ3n) is 10.9. The molecule has 0 radical (unpaired) electrons. The van der Waals surface area contributed by atoms with E-state index in [4.69, 9.17) is 18.9 Å². The van der Waals surface area contributed by atoms with E-state index in [0.717, 1.165) is 32.1 Å². The number of carbonyl (C=O) groups excluding carboxylic acids is 2. The molecule has 6 atom stereocenters. The molecule has 12 nitrogen and oxygen atoms in total. The molecular formula is C46H84O12S. The van der Waals surface area contributed by atoms with Gasteiger partial charge in [-0.15, -0.1) is 0 Å². The Labute approximate surface area is 358 Å². The average Bonchev–Trinajstić information content (AvgIpc) is 3.20. The predicted molar refractivity (Wildman–Crippen MR) is 233 cm³/mol. The first kappa shape index (κ1) is 55.1. The van der Waals surface area contributed by atoms with Gasteiger partial charge in [-0.25, -0.2) is 4.79 Å². The molecule has 1 aliphatic heterocycles. The molecule has 0 bridgehead atoms. The lowest BCUT2D eigenvalue weighted by atomic mass is 10.00. The van der Waals surface area contributed by atoms with Crippen molar-refractivity contribution in [2.75, 3.05) is 19.0 Å². The largest absolute Gasteiger partial charge is 0.458 e. The third-order valence-corrected chi connectivity index (χ3v) is 11.6. The molecule has 4 N–H and O–H groups in total. The summed E-state index contributed by atoms with van der Waals surface area (Å²) in [5, 5.41) is 30.9. The zero-order chi connectivity index (χ0) is 43.4. The van der Waals surface area contributed by atoms with Gasteiger partial charge in [0.15, 0.2) is 12.4 Å². The second-order valence-electron chi connectivity index (χ2n) is 16.5. The van der Waals surface area contributed by atoms with Gasteiger partial charge in [-0.3, -0.25) is 9.35 Å². The Bertz CT molecular complexity index is 1190. The fraction of sp³-hybridized carbons (Fsp3) is 0.870. The first-order valence-corrected chi connectivity index (χ1v) is 25.0. The van der Waals surface area contributed by atoms with Crippen molar-refractivity contribution in [1.82, 2.24) is 0 Å². The van der Waals surface area contributed by atoms with Crippen LogP contribution in [0.4, 0.5) is 0 Å². The van der Waals surface area contributed by atoms with Gasteiger partial charge in [-0.1, -0.05) is 193 Å². The van der Waals surface area contributed by atoms with Crippen molar-refractivity contribution in [3.05, 3.63) is 24.3 Å². The summed E-state index contributed by atoms with van der Waals surface area (Å²) in [5.74, 6) is -2.23. The van der Waals surface area contributed by atoms with E-state index < -0.39 is 71.2 Å². The summed E-state index contributed by atoms with van der Waals surface area (Å²) < 4.78 is 53.9. The van der Waals surface area contributed by atoms with Gasteiger partial charge in [-0.05, 0) is 19.3 Å². The van der Waals surface area contributed by atoms with Gasteiger partial charge in [0.25, 0.3) is 10.1 Å². The minimum Gasteiger partial charge on any atom is -0.458 e. The van der Waals surface area contributed by atoms with E-state index in [-0.39, 0.29) is 13.0 Å². The van der Waals surface area contributed by atoms with Gasteiger partial charge in [0.1, 0.15) is 36.8 Å². The summed E-state index contributed by atoms with van der Waals surface area (Å²) in [6, 6.07) is 0. The number of esters is 2. The van der Waals surface area contributed by atoms with Crippen LogP contribution in [0.2, 0.25) is 0 Å². The van der Waals surface area contributed by atoms with E-state index in [1.54, 1.807) is 12.2 Å². The van der Waals surface area contributed by atoms with Crippen LogP contribution in [0.25, 0.3) is 0 Å². The standard InChI is InChI=1S/C46H84O12S/c1-3-5-7-9-11-13-15-17-19-21-23-25-27-29-31-33-35-42(48)57-39(37-56-46-45(51)44(50)43(49)40(58-46)38-59(52,53)54)36-55-41(47)34-32-30-28-26-24-22-20-18-16-14-12-10-8-6-4-2/h28,30,32,34,39-40,43-46,49-51H,3-27,29,31,33,35-38H2,1-2H3,(H,52,53,54)/b30-28+,34-32+/t39-,40-,43-,44?,45?,46+/m1/s1. The average molecular weight is 861 g/mol. The van der Waals surface area contributed by atoms with Crippen molar-refractivity contribution >= 4 is 22.1 Å². The van der Waals surface area contributed by atoms with Crippen molar-refractivity contribution < 1.29 is 56.8 Å². The normalized spacial score (nSPS) is 20.4. The van der Waals surface area contributed by atoms with E-state index in [9.17, 15) is 37.9 Å². The van der Waals surface area contributed by atoms with E-state index in [1.165, 1.54) is 147 Å². The lowest BCUT2D eigenvalue weighted by molar-refractivity contribution is -0.297. The van der Waals surface area contributed by atoms with Crippen molar-refractivity contribution in [2.24, 2.45) is 0 Å². The van der Waals surface area contributed by atoms with Crippen molar-refractivity contribution in [1.29, 1.82) is 0 Å². The Hall–Kier alpha value is -1.87. The van der Waals surface area contributed by atoms with E-state index in [0.29, 0.717) is 6.42 Å². The fourth-order valence-corrected chi connectivity index (χ4v) is 7.93. The molecular weight excluding hydrogens is 777 g/mol. The highest BCUT2D eigenvalue weighted by Crippen LogP contribution is 2.24. The monoisotopic (exact) mass is 861 g/mol. The zero-order valence-electron chi connectivity index (χ0n) is 36.9. The molecule has 0 saturated carbocycles. The fourth-order valence-electron chi connectivity index (χ4n) is 7.24. The van der Waals surface area contributed by atoms with Crippen LogP contribution < -0.4 is 0 Å². The molecule has 0 aromatic rings. The molecule has 0 spiro atoms. The lowest BCUT2D eigenvalue weighted by Crippen LogP contribution is -2.60. The molecule has 2 unspecified atom stereocenters. The third kappa shape index (κ3) is 31.6. The Kier molecular flexibility index (Phi) is 34.4. The zero-order valence-corrected chi connectivity index (χ0v) is 37.7. The molecule has 1 fully saturated rings. The maximum absolute atomic E-state index is 12.8. The molecule has 0 aromatic heterocycles. The summed E-state index contributed by atoms with van der Waals surface area (Å²) >= 11 is 0. The van der Waals surface area contributed by atoms with Crippen molar-refractivity contribution in [3.63, 3.8) is 0 Å². The molecule has 0 aromatic carbocycles. The van der Waals surface area contributed by atoms with Crippen LogP contribution in [0.15, 0.2) is 24.3 Å². The molecule has 1 rings (SSSR count). The number of rotatable bonds is 39. The second kappa shape index (κ2) is 36.8. The summed E-state index contributed by atoms with van der Waals surface area (Å²) in [4.78, 5) is 25.3. The molecule has 346 valence electrons. The first-order valence-electron chi connectivity index (χ1n) is 23.4. The number of hydrogen-bond acceptors (Lipinski definition) is 11. The van der Waals surface area contributed by atoms with Crippen LogP contribution in [-0.4, -0.2) is 96.0 Å². The number of unbranched alkanes of at least 4 members (excludes halogenated alkanes) is 26. The quantitative estimate of drug-likeness (QED) is 0.0151. The molecule has 1 aliphatic rings. The van der Waals surface area contributed by atoms with Gasteiger partial charge in [0.2, 0.25) is 0 Å². The summed E-state index contributed by atoms with van der Waals surface area (Å²) in [7, 11) is -4.61. The van der Waals surface area contributed by atoms with Crippen molar-refractivity contribution in [3.8, 4) is 0 Å². The van der Waals surface area contributed by atoms with Crippen LogP contribution in [0.3, 0.4) is 0 Å². The van der Waals surface area contributed by atoms with E-state index in [2.05, 4.69) is 13.8 Å². The Morgan fingerprint density at radius 2 is 1.07 bits per heavy atom. The predicted octanol–water partition coefficient (Wildman–Crippen LogP) is 9.62. The number of aliphatic hydroxyl groups excluding tert-OH is 3. The molecule has 0 amide bonds. The summed E-state index contributed by atoms with van der Waals surface area (Å²) in [6.45, 7) is 3.67. The summed E-state index contributed by atoms with van der Waals surface area (Å²) in [5.41, 5.74) is 0. The van der Waals surface area contributed by atoms with Crippen LogP contribution in [0.5, 0.6) is 0 Å². The number of hydrogen-bond donors (Lipinski definition) is 4. The summed E-state index contributed by atoms with van der Waals surface area (Å²) in [6.07, 6.45) is 31.4. The van der Waals surface area contributed by atoms with Gasteiger partial charge >= 0.3 is 11.9 Å². The van der Waals surface area contributed by atoms with E-state index in [1.807, 2.05) is 6.08 Å². The molecule has 59 heavy (non-hydrogen) atoms. The minimum atomic E-state index is -4.61. The maximum Gasteiger partial charge on any atom is 0.330 e. The highest BCUT2D eigenvalue weighted by Gasteiger charge is 2.46. The lowest BCUT2D eigenvalue weighted by Gasteiger charge is -2.40. The molecule has 13 heteroatoms. The number of carbonyl (C=O) groups is 2. The minimum absolute atomic E-state index is 0.149. The second-order valence-corrected chi connectivity index (χ2v) is 18.0. The molecule has 1 heterocycles. The Balaban J connectivity index is 2.47. The maximum atomic E-state index is 12.8. The molecule has 0 aliphatic carbocycles. The van der Waals surface area contributed by atoms with Gasteiger partial charge < -0.3 is 34.3 Å². The smallest absolute Gasteiger partial charge is 0.330 e. The van der Waals surface area contributed by atoms with Gasteiger partial charge in [-0.2, -0.15) is 8.42 Å². The topological polar surface area (TPSA) is 186 Å². The number of ether oxygens (including phenoxy) is 4.